The molecule has 25 heavy (non-hydrogen) atoms. The Kier molecular flexibility index (Phi) is 5.61. The summed E-state index contributed by atoms with van der Waals surface area (Å²) in [5.74, 6) is 0.147. The van der Waals surface area contributed by atoms with E-state index in [1.807, 2.05) is 19.1 Å². The van der Waals surface area contributed by atoms with Gasteiger partial charge in [0.1, 0.15) is 6.04 Å². The molecule has 2 aliphatic rings. The van der Waals surface area contributed by atoms with Gasteiger partial charge in [-0.25, -0.2) is 0 Å². The quantitative estimate of drug-likeness (QED) is 0.825. The number of nitrogens with zero attached hydrogens (tertiary/aromatic N) is 1. The number of hydrogen-bond acceptors (Lipinski definition) is 3. The molecule has 1 aromatic carbocycles. The van der Waals surface area contributed by atoms with Gasteiger partial charge in [-0.3, -0.25) is 9.59 Å². The lowest BCUT2D eigenvalue weighted by Crippen LogP contribution is -2.43. The third-order valence-electron chi connectivity index (χ3n) is 5.33. The number of hydrogen-bond donors (Lipinski definition) is 2. The van der Waals surface area contributed by atoms with Crippen LogP contribution in [0, 0.1) is 0 Å². The minimum atomic E-state index is -0.272. The van der Waals surface area contributed by atoms with E-state index < -0.39 is 0 Å². The molecule has 3 rings (SSSR count). The standard InChI is InChI=1S/C20H29N3O2/c1-14(20(25)22-17-7-5-3-4-6-8-17)21-18-9-10-19-16(13-18)11-12-23(19)15(2)24/h9-10,13-14,17,21H,3-8,11-12H2,1-2H3,(H,22,25)/t14-/m0/s1. The van der Waals surface area contributed by atoms with Crippen molar-refractivity contribution in [3.05, 3.63) is 23.8 Å². The largest absolute Gasteiger partial charge is 0.374 e. The van der Waals surface area contributed by atoms with E-state index in [9.17, 15) is 9.59 Å². The first-order chi connectivity index (χ1) is 12.0. The van der Waals surface area contributed by atoms with Crippen molar-refractivity contribution in [2.45, 2.75) is 70.9 Å². The SMILES string of the molecule is CC(=O)N1CCc2cc(N[C@@H](C)C(=O)NC3CCCCCC3)ccc21. The average Bonchev–Trinajstić information content (AvgIpc) is 2.84. The number of amides is 2. The Labute approximate surface area is 150 Å². The van der Waals surface area contributed by atoms with Crippen LogP contribution in [-0.4, -0.2) is 30.4 Å². The molecule has 0 spiro atoms. The van der Waals surface area contributed by atoms with Crippen molar-refractivity contribution in [1.29, 1.82) is 0 Å². The molecule has 0 aromatic heterocycles. The Balaban J connectivity index is 1.58. The summed E-state index contributed by atoms with van der Waals surface area (Å²) in [6, 6.07) is 6.04. The third kappa shape index (κ3) is 4.33. The van der Waals surface area contributed by atoms with Crippen molar-refractivity contribution in [3.63, 3.8) is 0 Å². The van der Waals surface area contributed by atoms with E-state index in [0.29, 0.717) is 6.04 Å². The highest BCUT2D eigenvalue weighted by atomic mass is 16.2. The summed E-state index contributed by atoms with van der Waals surface area (Å²) in [4.78, 5) is 25.9. The van der Waals surface area contributed by atoms with Crippen molar-refractivity contribution in [3.8, 4) is 0 Å². The maximum absolute atomic E-state index is 12.5. The molecule has 2 amide bonds. The molecule has 1 heterocycles. The van der Waals surface area contributed by atoms with Gasteiger partial charge in [0.05, 0.1) is 0 Å². The fourth-order valence-electron chi connectivity index (χ4n) is 3.88. The number of nitrogens with one attached hydrogen (secondary N) is 2. The van der Waals surface area contributed by atoms with Gasteiger partial charge >= 0.3 is 0 Å². The molecule has 1 atom stereocenters. The third-order valence-corrected chi connectivity index (χ3v) is 5.33. The molecule has 0 bridgehead atoms. The van der Waals surface area contributed by atoms with Gasteiger partial charge in [-0.2, -0.15) is 0 Å². The number of fused-ring (bicyclic) bond motifs is 1. The summed E-state index contributed by atoms with van der Waals surface area (Å²) in [5.41, 5.74) is 3.10. The molecule has 0 radical (unpaired) electrons. The topological polar surface area (TPSA) is 61.4 Å². The first kappa shape index (κ1) is 17.8. The molecule has 1 aliphatic heterocycles. The summed E-state index contributed by atoms with van der Waals surface area (Å²) >= 11 is 0. The van der Waals surface area contributed by atoms with Crippen LogP contribution in [0.25, 0.3) is 0 Å². The van der Waals surface area contributed by atoms with Gasteiger partial charge in [-0.15, -0.1) is 0 Å². The van der Waals surface area contributed by atoms with E-state index in [4.69, 9.17) is 0 Å². The van der Waals surface area contributed by atoms with Crippen LogP contribution in [0.3, 0.4) is 0 Å². The van der Waals surface area contributed by atoms with Crippen LogP contribution < -0.4 is 15.5 Å². The van der Waals surface area contributed by atoms with Crippen molar-refractivity contribution >= 4 is 23.2 Å². The number of anilines is 2. The predicted molar refractivity (Wildman–Crippen MR) is 101 cm³/mol. The van der Waals surface area contributed by atoms with Gasteiger partial charge in [-0.05, 0) is 49.9 Å². The van der Waals surface area contributed by atoms with E-state index in [0.717, 1.165) is 42.7 Å². The second-order valence-corrected chi connectivity index (χ2v) is 7.33. The second kappa shape index (κ2) is 7.89. The summed E-state index contributed by atoms with van der Waals surface area (Å²) in [7, 11) is 0. The zero-order valence-electron chi connectivity index (χ0n) is 15.3. The minimum Gasteiger partial charge on any atom is -0.374 e. The molecular weight excluding hydrogens is 314 g/mol. The maximum Gasteiger partial charge on any atom is 0.242 e. The summed E-state index contributed by atoms with van der Waals surface area (Å²) in [6.07, 6.45) is 8.05. The normalized spacial score (nSPS) is 19.0. The number of benzene rings is 1. The fourth-order valence-corrected chi connectivity index (χ4v) is 3.88. The van der Waals surface area contributed by atoms with Gasteiger partial charge in [0.2, 0.25) is 11.8 Å². The lowest BCUT2D eigenvalue weighted by molar-refractivity contribution is -0.122. The molecule has 2 N–H and O–H groups in total. The minimum absolute atomic E-state index is 0.0674. The van der Waals surface area contributed by atoms with E-state index in [1.54, 1.807) is 11.8 Å². The van der Waals surface area contributed by atoms with Crippen LogP contribution >= 0.6 is 0 Å². The fraction of sp³-hybridized carbons (Fsp3) is 0.600. The van der Waals surface area contributed by atoms with E-state index in [2.05, 4.69) is 16.7 Å². The van der Waals surface area contributed by atoms with E-state index >= 15 is 0 Å². The summed E-state index contributed by atoms with van der Waals surface area (Å²) < 4.78 is 0. The van der Waals surface area contributed by atoms with Crippen molar-refractivity contribution < 1.29 is 9.59 Å². The lowest BCUT2D eigenvalue weighted by Gasteiger charge is -2.21. The van der Waals surface area contributed by atoms with Gasteiger partial charge in [0.25, 0.3) is 0 Å². The molecular formula is C20H29N3O2. The molecule has 0 saturated heterocycles. The van der Waals surface area contributed by atoms with Crippen molar-refractivity contribution in [2.24, 2.45) is 0 Å². The van der Waals surface area contributed by atoms with Gasteiger partial charge in [-0.1, -0.05) is 25.7 Å². The Morgan fingerprint density at radius 1 is 1.16 bits per heavy atom. The highest BCUT2D eigenvalue weighted by molar-refractivity contribution is 5.94. The molecule has 1 aromatic rings. The van der Waals surface area contributed by atoms with Crippen LogP contribution in [-0.2, 0) is 16.0 Å². The Bertz CT molecular complexity index is 636. The number of rotatable bonds is 4. The predicted octanol–water partition coefficient (Wildman–Crippen LogP) is 3.24. The Hall–Kier alpha value is -2.04. The summed E-state index contributed by atoms with van der Waals surface area (Å²) in [5, 5.41) is 6.50. The zero-order chi connectivity index (χ0) is 17.8. The lowest BCUT2D eigenvalue weighted by atomic mass is 10.1. The van der Waals surface area contributed by atoms with Crippen LogP contribution in [0.15, 0.2) is 18.2 Å². The molecule has 5 heteroatoms. The maximum atomic E-state index is 12.5. The Morgan fingerprint density at radius 2 is 1.88 bits per heavy atom. The van der Waals surface area contributed by atoms with Crippen molar-refractivity contribution in [2.75, 3.05) is 16.8 Å². The first-order valence-corrected chi connectivity index (χ1v) is 9.52. The van der Waals surface area contributed by atoms with Crippen LogP contribution in [0.1, 0.15) is 57.9 Å². The van der Waals surface area contributed by atoms with Gasteiger partial charge < -0.3 is 15.5 Å². The highest BCUT2D eigenvalue weighted by Gasteiger charge is 2.23. The van der Waals surface area contributed by atoms with Gasteiger partial charge in [0, 0.05) is 30.9 Å². The summed E-state index contributed by atoms with van der Waals surface area (Å²) in [6.45, 7) is 4.24. The molecule has 1 fully saturated rings. The van der Waals surface area contributed by atoms with Crippen molar-refractivity contribution in [1.82, 2.24) is 5.32 Å². The van der Waals surface area contributed by atoms with Crippen LogP contribution in [0.2, 0.25) is 0 Å². The van der Waals surface area contributed by atoms with E-state index in [1.165, 1.54) is 25.7 Å². The average molecular weight is 343 g/mol. The highest BCUT2D eigenvalue weighted by Crippen LogP contribution is 2.30. The number of carbonyl (C=O) groups is 2. The monoisotopic (exact) mass is 343 g/mol. The zero-order valence-corrected chi connectivity index (χ0v) is 15.3. The molecule has 0 unspecified atom stereocenters. The molecule has 1 saturated carbocycles. The molecule has 136 valence electrons. The molecule has 5 nitrogen and oxygen atoms in total. The second-order valence-electron chi connectivity index (χ2n) is 7.33. The molecule has 1 aliphatic carbocycles. The van der Waals surface area contributed by atoms with Crippen LogP contribution in [0.5, 0.6) is 0 Å². The van der Waals surface area contributed by atoms with E-state index in [-0.39, 0.29) is 17.9 Å². The van der Waals surface area contributed by atoms with Crippen LogP contribution in [0.4, 0.5) is 11.4 Å². The van der Waals surface area contributed by atoms with Gasteiger partial charge in [0.15, 0.2) is 0 Å². The number of carbonyl (C=O) groups excluding carboxylic acids is 2. The Morgan fingerprint density at radius 3 is 2.56 bits per heavy atom. The first-order valence-electron chi connectivity index (χ1n) is 9.52. The smallest absolute Gasteiger partial charge is 0.242 e.